The third-order valence-corrected chi connectivity index (χ3v) is 3.43. The summed E-state index contributed by atoms with van der Waals surface area (Å²) in [7, 11) is 0. The van der Waals surface area contributed by atoms with E-state index in [0.29, 0.717) is 19.4 Å². The fourth-order valence-electron chi connectivity index (χ4n) is 2.59. The molecule has 0 aromatic heterocycles. The van der Waals surface area contributed by atoms with E-state index >= 15 is 0 Å². The van der Waals surface area contributed by atoms with Crippen molar-refractivity contribution in [3.63, 3.8) is 0 Å². The molecule has 2 N–H and O–H groups in total. The Bertz CT molecular complexity index is 523. The minimum absolute atomic E-state index is 0.0741. The smallest absolute Gasteiger partial charge is 0.338 e. The highest BCUT2D eigenvalue weighted by atomic mass is 16.6. The van der Waals surface area contributed by atoms with Crippen LogP contribution in [-0.4, -0.2) is 39.8 Å². The molecule has 0 aliphatic carbocycles. The number of nitro groups is 1. The summed E-state index contributed by atoms with van der Waals surface area (Å²) in [6.45, 7) is 2.31. The predicted octanol–water partition coefficient (Wildman–Crippen LogP) is 1.64. The lowest BCUT2D eigenvalue weighted by Gasteiger charge is -2.38. The van der Waals surface area contributed by atoms with Gasteiger partial charge < -0.3 is 15.1 Å². The van der Waals surface area contributed by atoms with Crippen molar-refractivity contribution in [3.05, 3.63) is 33.9 Å². The first-order chi connectivity index (χ1) is 9.32. The van der Waals surface area contributed by atoms with Crippen LogP contribution in [0, 0.1) is 10.1 Å². The van der Waals surface area contributed by atoms with Gasteiger partial charge in [-0.15, -0.1) is 0 Å². The largest absolute Gasteiger partial charge is 0.478 e. The van der Waals surface area contributed by atoms with E-state index in [1.807, 2.05) is 0 Å². The van der Waals surface area contributed by atoms with Crippen molar-refractivity contribution >= 4 is 17.3 Å². The first-order valence-electron chi connectivity index (χ1n) is 6.30. The molecule has 0 bridgehead atoms. The van der Waals surface area contributed by atoms with Gasteiger partial charge in [0.2, 0.25) is 0 Å². The molecular weight excluding hydrogens is 264 g/mol. The van der Waals surface area contributed by atoms with Crippen LogP contribution in [0.2, 0.25) is 0 Å². The molecule has 7 nitrogen and oxygen atoms in total. The number of benzene rings is 1. The maximum absolute atomic E-state index is 11.3. The third kappa shape index (κ3) is 2.72. The first kappa shape index (κ1) is 14.3. The number of nitrogens with zero attached hydrogens (tertiary/aromatic N) is 2. The number of β-amino-alcohol motifs (C(OH)–C–C–N with tert-alkyl or cyclic N) is 1. The van der Waals surface area contributed by atoms with E-state index in [-0.39, 0.29) is 23.5 Å². The maximum atomic E-state index is 11.3. The standard InChI is InChI=1S/C13H16N2O5/c1-13(18)6-3-7-14(8-13)11-9(12(16)17)4-2-5-10(11)15(19)20/h2,4-5,18H,3,6-8H2,1H3,(H,16,17). The summed E-state index contributed by atoms with van der Waals surface area (Å²) >= 11 is 0. The van der Waals surface area contributed by atoms with Gasteiger partial charge in [0.25, 0.3) is 5.69 Å². The van der Waals surface area contributed by atoms with Crippen molar-refractivity contribution in [2.24, 2.45) is 0 Å². The number of carboxylic acids is 1. The first-order valence-corrected chi connectivity index (χ1v) is 6.30. The highest BCUT2D eigenvalue weighted by Crippen LogP contribution is 2.35. The van der Waals surface area contributed by atoms with Gasteiger partial charge in [0.05, 0.1) is 16.1 Å². The zero-order valence-corrected chi connectivity index (χ0v) is 11.1. The number of aliphatic hydroxyl groups is 1. The van der Waals surface area contributed by atoms with Crippen LogP contribution in [0.3, 0.4) is 0 Å². The summed E-state index contributed by atoms with van der Waals surface area (Å²) in [5.41, 5.74) is -1.26. The molecule has 1 aromatic rings. The second-order valence-corrected chi connectivity index (χ2v) is 5.26. The lowest BCUT2D eigenvalue weighted by Crippen LogP contribution is -2.46. The van der Waals surface area contributed by atoms with Gasteiger partial charge in [0.15, 0.2) is 0 Å². The van der Waals surface area contributed by atoms with Gasteiger partial charge in [-0.25, -0.2) is 4.79 Å². The topological polar surface area (TPSA) is 104 Å². The summed E-state index contributed by atoms with van der Waals surface area (Å²) in [6.07, 6.45) is 1.24. The van der Waals surface area contributed by atoms with E-state index in [0.717, 1.165) is 0 Å². The summed E-state index contributed by atoms with van der Waals surface area (Å²) < 4.78 is 0. The van der Waals surface area contributed by atoms with Crippen LogP contribution in [0.1, 0.15) is 30.1 Å². The monoisotopic (exact) mass is 280 g/mol. The van der Waals surface area contributed by atoms with Gasteiger partial charge in [-0.3, -0.25) is 10.1 Å². The zero-order chi connectivity index (χ0) is 14.9. The van der Waals surface area contributed by atoms with Crippen LogP contribution in [-0.2, 0) is 0 Å². The fraction of sp³-hybridized carbons (Fsp3) is 0.462. The number of nitro benzene ring substituents is 1. The van der Waals surface area contributed by atoms with Crippen molar-refractivity contribution in [1.29, 1.82) is 0 Å². The minimum atomic E-state index is -1.21. The lowest BCUT2D eigenvalue weighted by atomic mass is 9.94. The van der Waals surface area contributed by atoms with Crippen LogP contribution in [0.25, 0.3) is 0 Å². The van der Waals surface area contributed by atoms with Gasteiger partial charge in [-0.1, -0.05) is 6.07 Å². The number of anilines is 1. The quantitative estimate of drug-likeness (QED) is 0.644. The molecule has 2 rings (SSSR count). The number of hydrogen-bond donors (Lipinski definition) is 2. The van der Waals surface area contributed by atoms with Gasteiger partial charge >= 0.3 is 5.97 Å². The molecule has 0 radical (unpaired) electrons. The Morgan fingerprint density at radius 1 is 1.50 bits per heavy atom. The molecule has 1 fully saturated rings. The molecule has 20 heavy (non-hydrogen) atoms. The van der Waals surface area contributed by atoms with Gasteiger partial charge in [0, 0.05) is 19.2 Å². The molecule has 1 aliphatic heterocycles. The van der Waals surface area contributed by atoms with E-state index in [1.54, 1.807) is 11.8 Å². The Morgan fingerprint density at radius 3 is 2.75 bits per heavy atom. The van der Waals surface area contributed by atoms with Crippen LogP contribution in [0.4, 0.5) is 11.4 Å². The molecule has 1 heterocycles. The molecule has 1 atom stereocenters. The Labute approximate surface area is 115 Å². The van der Waals surface area contributed by atoms with Gasteiger partial charge in [-0.05, 0) is 25.8 Å². The molecule has 108 valence electrons. The second-order valence-electron chi connectivity index (χ2n) is 5.26. The number of piperidine rings is 1. The summed E-state index contributed by atoms with van der Waals surface area (Å²) in [6, 6.07) is 3.98. The third-order valence-electron chi connectivity index (χ3n) is 3.43. The average molecular weight is 280 g/mol. The predicted molar refractivity (Wildman–Crippen MR) is 72.1 cm³/mol. The maximum Gasteiger partial charge on any atom is 0.338 e. The molecule has 7 heteroatoms. The molecule has 0 saturated carbocycles. The number of carbonyl (C=O) groups is 1. The van der Waals surface area contributed by atoms with Gasteiger partial charge in [0.1, 0.15) is 5.69 Å². The van der Waals surface area contributed by atoms with Crippen LogP contribution >= 0.6 is 0 Å². The van der Waals surface area contributed by atoms with Crippen molar-refractivity contribution in [2.75, 3.05) is 18.0 Å². The van der Waals surface area contributed by atoms with Crippen molar-refractivity contribution < 1.29 is 19.9 Å². The van der Waals surface area contributed by atoms with Crippen molar-refractivity contribution in [2.45, 2.75) is 25.4 Å². The normalized spacial score (nSPS) is 22.6. The van der Waals surface area contributed by atoms with Gasteiger partial charge in [-0.2, -0.15) is 0 Å². The molecule has 0 spiro atoms. The SMILES string of the molecule is CC1(O)CCCN(c2c(C(=O)O)cccc2[N+](=O)[O-])C1. The number of hydrogen-bond acceptors (Lipinski definition) is 5. The molecule has 1 aromatic carbocycles. The summed E-state index contributed by atoms with van der Waals surface area (Å²) in [5.74, 6) is -1.21. The Hall–Kier alpha value is -2.15. The second kappa shape index (κ2) is 5.09. The van der Waals surface area contributed by atoms with E-state index in [2.05, 4.69) is 0 Å². The lowest BCUT2D eigenvalue weighted by molar-refractivity contribution is -0.384. The fourth-order valence-corrected chi connectivity index (χ4v) is 2.59. The summed E-state index contributed by atoms with van der Waals surface area (Å²) in [5, 5.41) is 30.5. The Balaban J connectivity index is 2.53. The molecular formula is C13H16N2O5. The highest BCUT2D eigenvalue weighted by Gasteiger charge is 2.34. The number of aromatic carboxylic acids is 1. The van der Waals surface area contributed by atoms with Crippen molar-refractivity contribution in [1.82, 2.24) is 0 Å². The molecule has 1 unspecified atom stereocenters. The van der Waals surface area contributed by atoms with E-state index in [9.17, 15) is 25.1 Å². The minimum Gasteiger partial charge on any atom is -0.478 e. The van der Waals surface area contributed by atoms with Crippen LogP contribution in [0.15, 0.2) is 18.2 Å². The average Bonchev–Trinajstić information content (AvgIpc) is 2.36. The summed E-state index contributed by atoms with van der Waals surface area (Å²) in [4.78, 5) is 23.4. The zero-order valence-electron chi connectivity index (χ0n) is 11.1. The molecule has 1 aliphatic rings. The molecule has 0 amide bonds. The number of rotatable bonds is 3. The van der Waals surface area contributed by atoms with Crippen LogP contribution in [0.5, 0.6) is 0 Å². The van der Waals surface area contributed by atoms with E-state index in [1.165, 1.54) is 18.2 Å². The Morgan fingerprint density at radius 2 is 2.20 bits per heavy atom. The van der Waals surface area contributed by atoms with E-state index < -0.39 is 16.5 Å². The van der Waals surface area contributed by atoms with Crippen molar-refractivity contribution in [3.8, 4) is 0 Å². The van der Waals surface area contributed by atoms with Crippen LogP contribution < -0.4 is 4.90 Å². The Kier molecular flexibility index (Phi) is 3.63. The molecule has 1 saturated heterocycles. The number of para-hydroxylation sites is 1. The highest BCUT2D eigenvalue weighted by molar-refractivity contribution is 5.97. The van der Waals surface area contributed by atoms with E-state index in [4.69, 9.17) is 0 Å². The number of carboxylic acid groups (broad SMARTS) is 1.